The molecule has 0 aliphatic heterocycles. The summed E-state index contributed by atoms with van der Waals surface area (Å²) in [5.41, 5.74) is 0. The normalized spacial score (nSPS) is 12.5. The van der Waals surface area contributed by atoms with E-state index in [2.05, 4.69) is 0 Å². The molecule has 3 nitrogen and oxygen atoms in total. The first-order valence-electron chi connectivity index (χ1n) is 4.77. The Bertz CT molecular complexity index is 274. The number of hydrogen-bond acceptors (Lipinski definition) is 3. The van der Waals surface area contributed by atoms with E-state index in [1.54, 1.807) is 31.4 Å². The van der Waals surface area contributed by atoms with Crippen LogP contribution in [0.15, 0.2) is 24.3 Å². The van der Waals surface area contributed by atoms with E-state index >= 15 is 0 Å². The van der Waals surface area contributed by atoms with Crippen molar-refractivity contribution in [3.63, 3.8) is 0 Å². The lowest BCUT2D eigenvalue weighted by Crippen LogP contribution is -2.19. The van der Waals surface area contributed by atoms with Crippen molar-refractivity contribution in [3.8, 4) is 5.75 Å². The topological polar surface area (TPSA) is 38.7 Å². The number of ether oxygens (including phenoxy) is 2. The maximum absolute atomic E-state index is 9.47. The summed E-state index contributed by atoms with van der Waals surface area (Å²) >= 11 is 5.72. The van der Waals surface area contributed by atoms with Crippen molar-refractivity contribution >= 4 is 11.6 Å². The summed E-state index contributed by atoms with van der Waals surface area (Å²) < 4.78 is 10.2. The maximum Gasteiger partial charge on any atom is 0.119 e. The molecule has 0 bridgehead atoms. The van der Waals surface area contributed by atoms with Crippen LogP contribution >= 0.6 is 11.6 Å². The summed E-state index contributed by atoms with van der Waals surface area (Å²) in [6, 6.07) is 7.04. The molecule has 0 aliphatic carbocycles. The molecule has 15 heavy (non-hydrogen) atoms. The molecule has 1 N–H and O–H groups in total. The van der Waals surface area contributed by atoms with E-state index in [0.717, 1.165) is 0 Å². The average Bonchev–Trinajstić information content (AvgIpc) is 2.25. The van der Waals surface area contributed by atoms with Gasteiger partial charge in [-0.2, -0.15) is 0 Å². The van der Waals surface area contributed by atoms with Gasteiger partial charge in [0.05, 0.1) is 6.10 Å². The molecule has 0 fully saturated rings. The standard InChI is InChI=1S/C11H15ClO3/c1-14-7-6-10(13)8-15-11-4-2-9(12)3-5-11/h2-5,10,13H,6-8H2,1H3. The van der Waals surface area contributed by atoms with Gasteiger partial charge in [0.15, 0.2) is 0 Å². The largest absolute Gasteiger partial charge is 0.491 e. The Morgan fingerprint density at radius 3 is 2.60 bits per heavy atom. The smallest absolute Gasteiger partial charge is 0.119 e. The molecular formula is C11H15ClO3. The highest BCUT2D eigenvalue weighted by atomic mass is 35.5. The number of methoxy groups -OCH3 is 1. The fraction of sp³-hybridized carbons (Fsp3) is 0.455. The minimum absolute atomic E-state index is 0.269. The van der Waals surface area contributed by atoms with Crippen molar-refractivity contribution < 1.29 is 14.6 Å². The van der Waals surface area contributed by atoms with E-state index in [1.165, 1.54) is 0 Å². The molecular weight excluding hydrogens is 216 g/mol. The average molecular weight is 231 g/mol. The lowest BCUT2D eigenvalue weighted by Gasteiger charge is -2.11. The van der Waals surface area contributed by atoms with Crippen molar-refractivity contribution in [1.29, 1.82) is 0 Å². The molecule has 0 saturated heterocycles. The maximum atomic E-state index is 9.47. The number of aliphatic hydroxyl groups excluding tert-OH is 1. The zero-order valence-corrected chi connectivity index (χ0v) is 9.41. The monoisotopic (exact) mass is 230 g/mol. The Labute approximate surface area is 94.6 Å². The molecule has 0 amide bonds. The van der Waals surface area contributed by atoms with Gasteiger partial charge in [0, 0.05) is 18.7 Å². The molecule has 1 rings (SSSR count). The zero-order chi connectivity index (χ0) is 11.1. The van der Waals surface area contributed by atoms with Crippen LogP contribution in [0.4, 0.5) is 0 Å². The van der Waals surface area contributed by atoms with Gasteiger partial charge >= 0.3 is 0 Å². The van der Waals surface area contributed by atoms with Crippen LogP contribution in [0.1, 0.15) is 6.42 Å². The number of hydrogen-bond donors (Lipinski definition) is 1. The summed E-state index contributed by atoms with van der Waals surface area (Å²) in [5, 5.41) is 10.1. The van der Waals surface area contributed by atoms with Crippen LogP contribution in [-0.2, 0) is 4.74 Å². The first kappa shape index (κ1) is 12.3. The third kappa shape index (κ3) is 5.02. The second-order valence-corrected chi connectivity index (χ2v) is 3.64. The van der Waals surface area contributed by atoms with Gasteiger partial charge in [-0.15, -0.1) is 0 Å². The Morgan fingerprint density at radius 2 is 2.00 bits per heavy atom. The fourth-order valence-corrected chi connectivity index (χ4v) is 1.19. The molecule has 1 atom stereocenters. The van der Waals surface area contributed by atoms with Gasteiger partial charge in [0.1, 0.15) is 12.4 Å². The molecule has 0 radical (unpaired) electrons. The van der Waals surface area contributed by atoms with E-state index in [-0.39, 0.29) is 6.61 Å². The van der Waals surface area contributed by atoms with Crippen molar-refractivity contribution in [2.24, 2.45) is 0 Å². The fourth-order valence-electron chi connectivity index (χ4n) is 1.06. The van der Waals surface area contributed by atoms with E-state index in [4.69, 9.17) is 21.1 Å². The van der Waals surface area contributed by atoms with E-state index in [9.17, 15) is 5.11 Å². The van der Waals surface area contributed by atoms with Gasteiger partial charge < -0.3 is 14.6 Å². The summed E-state index contributed by atoms with van der Waals surface area (Å²) in [7, 11) is 1.60. The lowest BCUT2D eigenvalue weighted by atomic mass is 10.3. The summed E-state index contributed by atoms with van der Waals surface area (Å²) in [6.07, 6.45) is 0.0741. The molecule has 0 aliphatic rings. The molecule has 0 heterocycles. The second-order valence-electron chi connectivity index (χ2n) is 3.20. The summed E-state index contributed by atoms with van der Waals surface area (Å²) in [4.78, 5) is 0. The van der Waals surface area contributed by atoms with E-state index in [0.29, 0.717) is 23.8 Å². The molecule has 84 valence electrons. The van der Waals surface area contributed by atoms with Crippen molar-refractivity contribution in [3.05, 3.63) is 29.3 Å². The zero-order valence-electron chi connectivity index (χ0n) is 8.65. The molecule has 1 aromatic rings. The highest BCUT2D eigenvalue weighted by Crippen LogP contribution is 2.15. The SMILES string of the molecule is COCCC(O)COc1ccc(Cl)cc1. The van der Waals surface area contributed by atoms with Crippen LogP contribution in [0.25, 0.3) is 0 Å². The summed E-state index contributed by atoms with van der Waals surface area (Å²) in [6.45, 7) is 0.802. The lowest BCUT2D eigenvalue weighted by molar-refractivity contribution is 0.0706. The number of halogens is 1. The predicted octanol–water partition coefficient (Wildman–Crippen LogP) is 2.12. The van der Waals surface area contributed by atoms with E-state index < -0.39 is 6.10 Å². The van der Waals surface area contributed by atoms with Gasteiger partial charge in [-0.3, -0.25) is 0 Å². The quantitative estimate of drug-likeness (QED) is 0.814. The van der Waals surface area contributed by atoms with Gasteiger partial charge in [-0.25, -0.2) is 0 Å². The van der Waals surface area contributed by atoms with Crippen LogP contribution < -0.4 is 4.74 Å². The Kier molecular flexibility index (Phi) is 5.47. The first-order valence-corrected chi connectivity index (χ1v) is 5.15. The third-order valence-electron chi connectivity index (χ3n) is 1.91. The van der Waals surface area contributed by atoms with Crippen molar-refractivity contribution in [1.82, 2.24) is 0 Å². The molecule has 0 spiro atoms. The van der Waals surface area contributed by atoms with Crippen LogP contribution in [-0.4, -0.2) is 31.5 Å². The Balaban J connectivity index is 2.27. The first-order chi connectivity index (χ1) is 7.22. The van der Waals surface area contributed by atoms with Gasteiger partial charge in [0.25, 0.3) is 0 Å². The minimum atomic E-state index is -0.499. The van der Waals surface area contributed by atoms with E-state index in [1.807, 2.05) is 0 Å². The predicted molar refractivity (Wildman–Crippen MR) is 59.4 cm³/mol. The number of rotatable bonds is 6. The van der Waals surface area contributed by atoms with Gasteiger partial charge in [-0.05, 0) is 30.7 Å². The molecule has 1 aromatic carbocycles. The summed E-state index contributed by atoms with van der Waals surface area (Å²) in [5.74, 6) is 0.705. The second kappa shape index (κ2) is 6.67. The Hall–Kier alpha value is -0.770. The number of aliphatic hydroxyl groups is 1. The van der Waals surface area contributed by atoms with Gasteiger partial charge in [0.2, 0.25) is 0 Å². The molecule has 1 unspecified atom stereocenters. The Morgan fingerprint density at radius 1 is 1.33 bits per heavy atom. The van der Waals surface area contributed by atoms with Crippen LogP contribution in [0.2, 0.25) is 5.02 Å². The molecule has 4 heteroatoms. The van der Waals surface area contributed by atoms with Crippen LogP contribution in [0, 0.1) is 0 Å². The number of benzene rings is 1. The van der Waals surface area contributed by atoms with Crippen molar-refractivity contribution in [2.75, 3.05) is 20.3 Å². The van der Waals surface area contributed by atoms with Crippen LogP contribution in [0.5, 0.6) is 5.75 Å². The highest BCUT2D eigenvalue weighted by molar-refractivity contribution is 6.30. The van der Waals surface area contributed by atoms with Crippen molar-refractivity contribution in [2.45, 2.75) is 12.5 Å². The van der Waals surface area contributed by atoms with Crippen LogP contribution in [0.3, 0.4) is 0 Å². The van der Waals surface area contributed by atoms with Gasteiger partial charge in [-0.1, -0.05) is 11.6 Å². The highest BCUT2D eigenvalue weighted by Gasteiger charge is 2.04. The minimum Gasteiger partial charge on any atom is -0.491 e. The molecule has 0 saturated carbocycles. The molecule has 0 aromatic heterocycles. The third-order valence-corrected chi connectivity index (χ3v) is 2.16.